The molecule has 0 amide bonds. The Morgan fingerprint density at radius 3 is 2.50 bits per heavy atom. The first-order chi connectivity index (χ1) is 10.3. The Labute approximate surface area is 152 Å². The minimum Gasteiger partial charge on any atom is -0.379 e. The molecule has 130 valence electrons. The fourth-order valence-corrected chi connectivity index (χ4v) is 3.05. The van der Waals surface area contributed by atoms with Crippen molar-refractivity contribution in [3.8, 4) is 0 Å². The van der Waals surface area contributed by atoms with Gasteiger partial charge in [0, 0.05) is 32.2 Å². The summed E-state index contributed by atoms with van der Waals surface area (Å²) >= 11 is 0. The lowest BCUT2D eigenvalue weighted by Gasteiger charge is -2.28. The van der Waals surface area contributed by atoms with Crippen molar-refractivity contribution in [2.24, 2.45) is 10.9 Å². The molecule has 6 heteroatoms. The van der Waals surface area contributed by atoms with Gasteiger partial charge in [-0.1, -0.05) is 6.92 Å². The lowest BCUT2D eigenvalue weighted by molar-refractivity contribution is 0.0394. The summed E-state index contributed by atoms with van der Waals surface area (Å²) in [5.41, 5.74) is 0. The molecule has 5 nitrogen and oxygen atoms in total. The zero-order valence-corrected chi connectivity index (χ0v) is 16.5. The van der Waals surface area contributed by atoms with Gasteiger partial charge in [-0.15, -0.1) is 24.0 Å². The van der Waals surface area contributed by atoms with Crippen LogP contribution in [0.3, 0.4) is 0 Å². The van der Waals surface area contributed by atoms with Crippen molar-refractivity contribution in [3.63, 3.8) is 0 Å². The van der Waals surface area contributed by atoms with Gasteiger partial charge in [0.2, 0.25) is 0 Å². The molecule has 2 N–H and O–H groups in total. The number of hydrogen-bond donors (Lipinski definition) is 2. The third-order valence-electron chi connectivity index (χ3n) is 4.49. The van der Waals surface area contributed by atoms with Crippen LogP contribution in [0, 0.1) is 5.92 Å². The van der Waals surface area contributed by atoms with Gasteiger partial charge in [-0.25, -0.2) is 0 Å². The van der Waals surface area contributed by atoms with Gasteiger partial charge in [0.1, 0.15) is 0 Å². The monoisotopic (exact) mass is 424 g/mol. The van der Waals surface area contributed by atoms with Crippen molar-refractivity contribution in [3.05, 3.63) is 0 Å². The van der Waals surface area contributed by atoms with Crippen LogP contribution in [0.2, 0.25) is 0 Å². The number of ether oxygens (including phenoxy) is 1. The van der Waals surface area contributed by atoms with Crippen LogP contribution in [0.1, 0.15) is 39.5 Å². The van der Waals surface area contributed by atoms with Crippen LogP contribution in [-0.4, -0.2) is 62.8 Å². The SMILES string of the molecule is CCNC(=NCCN1CCOCC1)NC1CCC(C)CC1.I. The summed E-state index contributed by atoms with van der Waals surface area (Å²) in [5.74, 6) is 1.88. The fraction of sp³-hybridized carbons (Fsp3) is 0.938. The van der Waals surface area contributed by atoms with E-state index in [9.17, 15) is 0 Å². The zero-order chi connectivity index (χ0) is 14.9. The number of guanidine groups is 1. The van der Waals surface area contributed by atoms with Crippen LogP contribution in [0.5, 0.6) is 0 Å². The first kappa shape index (κ1) is 20.0. The average Bonchev–Trinajstić information content (AvgIpc) is 2.51. The van der Waals surface area contributed by atoms with E-state index in [1.165, 1.54) is 25.7 Å². The van der Waals surface area contributed by atoms with Gasteiger partial charge in [0.05, 0.1) is 19.8 Å². The van der Waals surface area contributed by atoms with E-state index < -0.39 is 0 Å². The summed E-state index contributed by atoms with van der Waals surface area (Å²) in [4.78, 5) is 7.16. The lowest BCUT2D eigenvalue weighted by Crippen LogP contribution is -2.45. The standard InChI is InChI=1S/C16H32N4O.HI/c1-3-17-16(19-15-6-4-14(2)5-7-15)18-8-9-20-10-12-21-13-11-20;/h14-15H,3-13H2,1-2H3,(H2,17,18,19);1H. The van der Waals surface area contributed by atoms with Gasteiger partial charge in [-0.05, 0) is 38.5 Å². The van der Waals surface area contributed by atoms with Gasteiger partial charge in [0.25, 0.3) is 0 Å². The van der Waals surface area contributed by atoms with E-state index in [0.29, 0.717) is 6.04 Å². The quantitative estimate of drug-likeness (QED) is 0.403. The van der Waals surface area contributed by atoms with Crippen LogP contribution < -0.4 is 10.6 Å². The average molecular weight is 424 g/mol. The first-order valence-electron chi connectivity index (χ1n) is 8.63. The summed E-state index contributed by atoms with van der Waals surface area (Å²) in [5, 5.41) is 6.99. The smallest absolute Gasteiger partial charge is 0.191 e. The summed E-state index contributed by atoms with van der Waals surface area (Å²) in [6.45, 7) is 11.1. The van der Waals surface area contributed by atoms with E-state index >= 15 is 0 Å². The van der Waals surface area contributed by atoms with Crippen LogP contribution in [0.25, 0.3) is 0 Å². The number of morpholine rings is 1. The third kappa shape index (κ3) is 7.46. The highest BCUT2D eigenvalue weighted by Gasteiger charge is 2.18. The van der Waals surface area contributed by atoms with E-state index in [2.05, 4.69) is 29.4 Å². The van der Waals surface area contributed by atoms with Crippen LogP contribution in [0.15, 0.2) is 4.99 Å². The van der Waals surface area contributed by atoms with Crippen LogP contribution >= 0.6 is 24.0 Å². The van der Waals surface area contributed by atoms with Crippen LogP contribution in [0.4, 0.5) is 0 Å². The van der Waals surface area contributed by atoms with Crippen molar-refractivity contribution in [1.82, 2.24) is 15.5 Å². The molecule has 0 aromatic rings. The molecule has 0 aromatic heterocycles. The topological polar surface area (TPSA) is 48.9 Å². The maximum absolute atomic E-state index is 5.37. The molecule has 0 bridgehead atoms. The minimum absolute atomic E-state index is 0. The normalized spacial score (nSPS) is 27.1. The molecular weight excluding hydrogens is 391 g/mol. The maximum Gasteiger partial charge on any atom is 0.191 e. The summed E-state index contributed by atoms with van der Waals surface area (Å²) in [6.07, 6.45) is 5.22. The Hall–Kier alpha value is -0.0800. The maximum atomic E-state index is 5.37. The van der Waals surface area contributed by atoms with Gasteiger partial charge in [-0.3, -0.25) is 9.89 Å². The number of aliphatic imine (C=N–C) groups is 1. The zero-order valence-electron chi connectivity index (χ0n) is 14.1. The van der Waals surface area contributed by atoms with E-state index in [-0.39, 0.29) is 24.0 Å². The molecular formula is C16H33IN4O. The fourth-order valence-electron chi connectivity index (χ4n) is 3.05. The van der Waals surface area contributed by atoms with E-state index in [4.69, 9.17) is 9.73 Å². The number of hydrogen-bond acceptors (Lipinski definition) is 3. The summed E-state index contributed by atoms with van der Waals surface area (Å²) in [6, 6.07) is 0.599. The molecule has 0 aromatic carbocycles. The summed E-state index contributed by atoms with van der Waals surface area (Å²) in [7, 11) is 0. The lowest BCUT2D eigenvalue weighted by atomic mass is 9.87. The van der Waals surface area contributed by atoms with E-state index in [1.54, 1.807) is 0 Å². The Morgan fingerprint density at radius 2 is 1.86 bits per heavy atom. The number of nitrogens with one attached hydrogen (secondary N) is 2. The van der Waals surface area contributed by atoms with Crippen molar-refractivity contribution in [2.45, 2.75) is 45.6 Å². The van der Waals surface area contributed by atoms with Crippen molar-refractivity contribution < 1.29 is 4.74 Å². The number of rotatable bonds is 5. The molecule has 0 spiro atoms. The molecule has 1 saturated heterocycles. The molecule has 1 heterocycles. The second kappa shape index (κ2) is 11.5. The number of nitrogens with zero attached hydrogens (tertiary/aromatic N) is 2. The predicted molar refractivity (Wildman–Crippen MR) is 103 cm³/mol. The highest BCUT2D eigenvalue weighted by molar-refractivity contribution is 14.0. The predicted octanol–water partition coefficient (Wildman–Crippen LogP) is 2.07. The molecule has 2 aliphatic rings. The largest absolute Gasteiger partial charge is 0.379 e. The second-order valence-electron chi connectivity index (χ2n) is 6.32. The first-order valence-corrected chi connectivity index (χ1v) is 8.63. The van der Waals surface area contributed by atoms with Crippen molar-refractivity contribution >= 4 is 29.9 Å². The van der Waals surface area contributed by atoms with Crippen LogP contribution in [-0.2, 0) is 4.74 Å². The van der Waals surface area contributed by atoms with E-state index in [0.717, 1.165) is 57.8 Å². The Morgan fingerprint density at radius 1 is 1.18 bits per heavy atom. The Kier molecular flexibility index (Phi) is 10.4. The Bertz CT molecular complexity index is 313. The van der Waals surface area contributed by atoms with Gasteiger partial charge < -0.3 is 15.4 Å². The molecule has 0 unspecified atom stereocenters. The second-order valence-corrected chi connectivity index (χ2v) is 6.32. The van der Waals surface area contributed by atoms with Crippen molar-refractivity contribution in [2.75, 3.05) is 45.9 Å². The molecule has 2 fully saturated rings. The van der Waals surface area contributed by atoms with Gasteiger partial charge in [-0.2, -0.15) is 0 Å². The van der Waals surface area contributed by atoms with Crippen molar-refractivity contribution in [1.29, 1.82) is 0 Å². The highest BCUT2D eigenvalue weighted by atomic mass is 127. The molecule has 0 atom stereocenters. The number of halogens is 1. The molecule has 1 aliphatic carbocycles. The molecule has 2 rings (SSSR count). The molecule has 1 saturated carbocycles. The molecule has 22 heavy (non-hydrogen) atoms. The summed E-state index contributed by atoms with van der Waals surface area (Å²) < 4.78 is 5.37. The van der Waals surface area contributed by atoms with Gasteiger partial charge in [0.15, 0.2) is 5.96 Å². The third-order valence-corrected chi connectivity index (χ3v) is 4.49. The van der Waals surface area contributed by atoms with Gasteiger partial charge >= 0.3 is 0 Å². The molecule has 1 aliphatic heterocycles. The van der Waals surface area contributed by atoms with E-state index in [1.807, 2.05) is 0 Å². The Balaban J connectivity index is 0.00000242. The molecule has 0 radical (unpaired) electrons. The highest BCUT2D eigenvalue weighted by Crippen LogP contribution is 2.23. The minimum atomic E-state index is 0.